The third-order valence-electron chi connectivity index (χ3n) is 4.17. The third-order valence-corrected chi connectivity index (χ3v) is 5.15. The molecule has 1 N–H and O–H groups in total. The van der Waals surface area contributed by atoms with Crippen LogP contribution in [0, 0.1) is 5.82 Å². The van der Waals surface area contributed by atoms with Crippen molar-refractivity contribution in [2.24, 2.45) is 5.10 Å². The molecular formula is C23H15ClFN3O2S. The van der Waals surface area contributed by atoms with Gasteiger partial charge in [0.05, 0.1) is 17.5 Å². The fourth-order valence-corrected chi connectivity index (χ4v) is 3.50. The molecule has 0 aliphatic carbocycles. The van der Waals surface area contributed by atoms with E-state index in [9.17, 15) is 9.18 Å². The Balaban J connectivity index is 1.34. The second-order valence-corrected chi connectivity index (χ2v) is 7.68. The molecule has 0 fully saturated rings. The highest BCUT2D eigenvalue weighted by Crippen LogP contribution is 2.25. The Morgan fingerprint density at radius 3 is 2.61 bits per heavy atom. The largest absolute Gasteiger partial charge is 0.423 e. The Hall–Kier alpha value is -3.55. The molecule has 0 aliphatic heterocycles. The number of carbonyl (C=O) groups is 1. The maximum Gasteiger partial charge on any atom is 0.343 e. The lowest BCUT2D eigenvalue weighted by Gasteiger charge is -2.05. The predicted molar refractivity (Wildman–Crippen MR) is 122 cm³/mol. The number of rotatable bonds is 6. The Labute approximate surface area is 186 Å². The SMILES string of the molecule is O=C(Oc1ccc(C=NNc2nc(-c3ccc(F)cc3)cs2)cc1)c1cccc(Cl)c1. The number of esters is 1. The van der Waals surface area contributed by atoms with Crippen molar-refractivity contribution in [2.75, 3.05) is 5.43 Å². The molecular weight excluding hydrogens is 437 g/mol. The fourth-order valence-electron chi connectivity index (χ4n) is 2.64. The summed E-state index contributed by atoms with van der Waals surface area (Å²) in [7, 11) is 0. The Morgan fingerprint density at radius 1 is 1.10 bits per heavy atom. The van der Waals surface area contributed by atoms with Gasteiger partial charge in [-0.25, -0.2) is 14.2 Å². The number of thiazole rings is 1. The first-order valence-corrected chi connectivity index (χ1v) is 10.4. The van der Waals surface area contributed by atoms with Crippen LogP contribution in [-0.4, -0.2) is 17.2 Å². The van der Waals surface area contributed by atoms with Crippen LogP contribution < -0.4 is 10.2 Å². The predicted octanol–water partition coefficient (Wildman–Crippen LogP) is 6.27. The molecule has 0 radical (unpaired) electrons. The molecule has 5 nitrogen and oxygen atoms in total. The smallest absolute Gasteiger partial charge is 0.343 e. The second-order valence-electron chi connectivity index (χ2n) is 6.38. The molecule has 0 atom stereocenters. The normalized spacial score (nSPS) is 10.9. The highest BCUT2D eigenvalue weighted by Gasteiger charge is 2.09. The molecule has 4 rings (SSSR count). The molecule has 31 heavy (non-hydrogen) atoms. The quantitative estimate of drug-likeness (QED) is 0.162. The van der Waals surface area contributed by atoms with Crippen molar-refractivity contribution in [3.8, 4) is 17.0 Å². The summed E-state index contributed by atoms with van der Waals surface area (Å²) in [5, 5.41) is 7.12. The Kier molecular flexibility index (Phi) is 6.35. The highest BCUT2D eigenvalue weighted by molar-refractivity contribution is 7.14. The van der Waals surface area contributed by atoms with E-state index in [1.165, 1.54) is 23.5 Å². The zero-order valence-electron chi connectivity index (χ0n) is 16.0. The number of hydrogen-bond donors (Lipinski definition) is 1. The lowest BCUT2D eigenvalue weighted by molar-refractivity contribution is 0.0734. The maximum absolute atomic E-state index is 13.0. The molecule has 8 heteroatoms. The first-order valence-electron chi connectivity index (χ1n) is 9.15. The van der Waals surface area contributed by atoms with Gasteiger partial charge in [-0.2, -0.15) is 5.10 Å². The van der Waals surface area contributed by atoms with Crippen LogP contribution in [0.2, 0.25) is 5.02 Å². The summed E-state index contributed by atoms with van der Waals surface area (Å²) >= 11 is 7.29. The van der Waals surface area contributed by atoms with Gasteiger partial charge in [0.1, 0.15) is 11.6 Å². The lowest BCUT2D eigenvalue weighted by Crippen LogP contribution is -2.08. The summed E-state index contributed by atoms with van der Waals surface area (Å²) in [6, 6.07) is 19.6. The summed E-state index contributed by atoms with van der Waals surface area (Å²) in [5.74, 6) is -0.350. The van der Waals surface area contributed by atoms with Crippen LogP contribution in [-0.2, 0) is 0 Å². The minimum absolute atomic E-state index is 0.285. The summed E-state index contributed by atoms with van der Waals surface area (Å²) in [6.45, 7) is 0. The van der Waals surface area contributed by atoms with Crippen LogP contribution >= 0.6 is 22.9 Å². The first kappa shape index (κ1) is 20.7. The maximum atomic E-state index is 13.0. The van der Waals surface area contributed by atoms with Gasteiger partial charge in [0.15, 0.2) is 0 Å². The van der Waals surface area contributed by atoms with E-state index in [-0.39, 0.29) is 5.82 Å². The van der Waals surface area contributed by atoms with Crippen LogP contribution in [0.15, 0.2) is 83.3 Å². The average molecular weight is 452 g/mol. The van der Waals surface area contributed by atoms with Crippen molar-refractivity contribution in [2.45, 2.75) is 0 Å². The molecule has 4 aromatic rings. The number of nitrogens with one attached hydrogen (secondary N) is 1. The van der Waals surface area contributed by atoms with E-state index in [1.54, 1.807) is 66.9 Å². The average Bonchev–Trinajstić information content (AvgIpc) is 3.24. The Morgan fingerprint density at radius 2 is 1.87 bits per heavy atom. The van der Waals surface area contributed by atoms with Crippen LogP contribution in [0.25, 0.3) is 11.3 Å². The summed E-state index contributed by atoms with van der Waals surface area (Å²) in [5.41, 5.74) is 5.64. The number of hydrazone groups is 1. The van der Waals surface area contributed by atoms with Gasteiger partial charge in [-0.05, 0) is 72.3 Å². The van der Waals surface area contributed by atoms with Crippen LogP contribution in [0.5, 0.6) is 5.75 Å². The van der Waals surface area contributed by atoms with Crippen molar-refractivity contribution in [1.82, 2.24) is 4.98 Å². The van der Waals surface area contributed by atoms with Gasteiger partial charge in [0.2, 0.25) is 5.13 Å². The number of aromatic nitrogens is 1. The number of hydrogen-bond acceptors (Lipinski definition) is 6. The van der Waals surface area contributed by atoms with Gasteiger partial charge in [-0.3, -0.25) is 5.43 Å². The van der Waals surface area contributed by atoms with E-state index in [2.05, 4.69) is 15.5 Å². The number of benzene rings is 3. The number of anilines is 1. The minimum Gasteiger partial charge on any atom is -0.423 e. The molecule has 154 valence electrons. The standard InChI is InChI=1S/C23H15ClFN3O2S/c24-18-3-1-2-17(12-18)22(29)30-20-10-4-15(5-11-20)13-26-28-23-27-21(14-31-23)16-6-8-19(25)9-7-16/h1-14H,(H,27,28). The van der Waals surface area contributed by atoms with E-state index in [4.69, 9.17) is 16.3 Å². The van der Waals surface area contributed by atoms with Crippen molar-refractivity contribution in [3.05, 3.63) is 100 Å². The molecule has 0 bridgehead atoms. The zero-order chi connectivity index (χ0) is 21.6. The minimum atomic E-state index is -0.480. The van der Waals surface area contributed by atoms with Crippen LogP contribution in [0.3, 0.4) is 0 Å². The van der Waals surface area contributed by atoms with Gasteiger partial charge in [-0.1, -0.05) is 17.7 Å². The summed E-state index contributed by atoms with van der Waals surface area (Å²) in [4.78, 5) is 16.6. The molecule has 0 aliphatic rings. The summed E-state index contributed by atoms with van der Waals surface area (Å²) < 4.78 is 18.4. The second kappa shape index (κ2) is 9.51. The summed E-state index contributed by atoms with van der Waals surface area (Å²) in [6.07, 6.45) is 1.63. The number of nitrogens with zero attached hydrogens (tertiary/aromatic N) is 2. The molecule has 0 spiro atoms. The van der Waals surface area contributed by atoms with E-state index < -0.39 is 5.97 Å². The molecule has 0 saturated heterocycles. The lowest BCUT2D eigenvalue weighted by atomic mass is 10.2. The molecule has 0 unspecified atom stereocenters. The van der Waals surface area contributed by atoms with Gasteiger partial charge in [0.25, 0.3) is 0 Å². The van der Waals surface area contributed by atoms with E-state index in [0.717, 1.165) is 16.8 Å². The van der Waals surface area contributed by atoms with Crippen molar-refractivity contribution < 1.29 is 13.9 Å². The highest BCUT2D eigenvalue weighted by atomic mass is 35.5. The van der Waals surface area contributed by atoms with Crippen molar-refractivity contribution >= 4 is 40.3 Å². The molecule has 1 heterocycles. The van der Waals surface area contributed by atoms with E-state index >= 15 is 0 Å². The Bertz CT molecular complexity index is 1220. The van der Waals surface area contributed by atoms with Crippen molar-refractivity contribution in [3.63, 3.8) is 0 Å². The third kappa shape index (κ3) is 5.53. The van der Waals surface area contributed by atoms with Gasteiger partial charge >= 0.3 is 5.97 Å². The zero-order valence-corrected chi connectivity index (χ0v) is 17.5. The molecule has 1 aromatic heterocycles. The molecule has 0 saturated carbocycles. The van der Waals surface area contributed by atoms with E-state index in [1.807, 2.05) is 5.38 Å². The molecule has 3 aromatic carbocycles. The van der Waals surface area contributed by atoms with Gasteiger partial charge in [0, 0.05) is 16.0 Å². The van der Waals surface area contributed by atoms with Gasteiger partial charge < -0.3 is 4.74 Å². The number of halogens is 2. The van der Waals surface area contributed by atoms with Crippen LogP contribution in [0.4, 0.5) is 9.52 Å². The first-order chi connectivity index (χ1) is 15.1. The number of ether oxygens (including phenoxy) is 1. The molecule has 0 amide bonds. The van der Waals surface area contributed by atoms with Crippen LogP contribution in [0.1, 0.15) is 15.9 Å². The monoisotopic (exact) mass is 451 g/mol. The van der Waals surface area contributed by atoms with Crippen molar-refractivity contribution in [1.29, 1.82) is 0 Å². The van der Waals surface area contributed by atoms with E-state index in [0.29, 0.717) is 21.5 Å². The van der Waals surface area contributed by atoms with Gasteiger partial charge in [-0.15, -0.1) is 11.3 Å². The fraction of sp³-hybridized carbons (Fsp3) is 0. The number of carbonyl (C=O) groups excluding carboxylic acids is 1. The topological polar surface area (TPSA) is 63.6 Å².